The number of non-ortho nitro benzene ring substituents is 1. The molecule has 8 heteroatoms. The summed E-state index contributed by atoms with van der Waals surface area (Å²) in [5.41, 5.74) is -0.595. The first-order valence-electron chi connectivity index (χ1n) is 7.64. The third-order valence-electron chi connectivity index (χ3n) is 2.82. The van der Waals surface area contributed by atoms with Gasteiger partial charge in [-0.25, -0.2) is 4.79 Å². The van der Waals surface area contributed by atoms with Crippen LogP contribution < -0.4 is 10.1 Å². The highest BCUT2D eigenvalue weighted by Gasteiger charge is 2.19. The van der Waals surface area contributed by atoms with Crippen LogP contribution in [-0.2, 0) is 4.74 Å². The fraction of sp³-hybridized carbons (Fsp3) is 0.562. The number of rotatable bonds is 7. The number of nitrogens with zero attached hydrogens (tertiary/aromatic N) is 2. The van der Waals surface area contributed by atoms with Crippen molar-refractivity contribution in [2.45, 2.75) is 32.8 Å². The van der Waals surface area contributed by atoms with Gasteiger partial charge in [-0.3, -0.25) is 15.4 Å². The Labute approximate surface area is 141 Å². The monoisotopic (exact) mass is 339 g/mol. The maximum Gasteiger partial charge on any atom is 0.412 e. The predicted molar refractivity (Wildman–Crippen MR) is 91.6 cm³/mol. The van der Waals surface area contributed by atoms with Crippen LogP contribution in [0.1, 0.15) is 27.2 Å². The summed E-state index contributed by atoms with van der Waals surface area (Å²) in [4.78, 5) is 24.3. The maximum atomic E-state index is 11.9. The molecule has 0 heterocycles. The lowest BCUT2D eigenvalue weighted by Crippen LogP contribution is -2.27. The van der Waals surface area contributed by atoms with Crippen LogP contribution in [0.5, 0.6) is 5.75 Å². The molecule has 0 aliphatic rings. The van der Waals surface area contributed by atoms with Gasteiger partial charge in [0.15, 0.2) is 0 Å². The minimum atomic E-state index is -0.693. The Kier molecular flexibility index (Phi) is 6.97. The lowest BCUT2D eigenvalue weighted by Gasteiger charge is -2.20. The second-order valence-corrected chi connectivity index (χ2v) is 6.57. The van der Waals surface area contributed by atoms with Crippen molar-refractivity contribution >= 4 is 17.5 Å². The van der Waals surface area contributed by atoms with Gasteiger partial charge in [-0.05, 0) is 47.4 Å². The van der Waals surface area contributed by atoms with E-state index in [-0.39, 0.29) is 11.4 Å². The molecule has 0 atom stereocenters. The first-order valence-corrected chi connectivity index (χ1v) is 7.64. The zero-order chi connectivity index (χ0) is 18.3. The maximum absolute atomic E-state index is 11.9. The molecule has 0 fully saturated rings. The molecule has 8 nitrogen and oxygen atoms in total. The highest BCUT2D eigenvalue weighted by molar-refractivity contribution is 5.87. The number of carbonyl (C=O) groups excluding carboxylic acids is 1. The summed E-state index contributed by atoms with van der Waals surface area (Å²) in [5, 5.41) is 13.4. The Hall–Kier alpha value is -2.35. The largest absolute Gasteiger partial charge is 0.491 e. The molecule has 0 saturated heterocycles. The summed E-state index contributed by atoms with van der Waals surface area (Å²) in [6, 6.07) is 4.06. The number of amides is 1. The number of ether oxygens (including phenoxy) is 2. The summed E-state index contributed by atoms with van der Waals surface area (Å²) in [7, 11) is 3.92. The van der Waals surface area contributed by atoms with Gasteiger partial charge in [-0.1, -0.05) is 0 Å². The normalized spacial score (nSPS) is 11.2. The third-order valence-corrected chi connectivity index (χ3v) is 2.82. The van der Waals surface area contributed by atoms with Crippen molar-refractivity contribution in [3.05, 3.63) is 28.3 Å². The quantitative estimate of drug-likeness (QED) is 0.465. The topological polar surface area (TPSA) is 93.9 Å². The van der Waals surface area contributed by atoms with Crippen LogP contribution in [-0.4, -0.2) is 48.8 Å². The van der Waals surface area contributed by atoms with Crippen LogP contribution in [0.25, 0.3) is 0 Å². The van der Waals surface area contributed by atoms with Gasteiger partial charge in [0.25, 0.3) is 5.69 Å². The Morgan fingerprint density at radius 2 is 2.00 bits per heavy atom. The number of anilines is 1. The van der Waals surface area contributed by atoms with Crippen LogP contribution in [0, 0.1) is 10.1 Å². The van der Waals surface area contributed by atoms with Gasteiger partial charge >= 0.3 is 6.09 Å². The van der Waals surface area contributed by atoms with Crippen molar-refractivity contribution in [2.24, 2.45) is 0 Å². The minimum absolute atomic E-state index is 0.137. The average Bonchev–Trinajstić information content (AvgIpc) is 2.42. The standard InChI is InChI=1S/C16H25N3O5/c1-16(2,3)24-15(20)17-13-11-12(19(21)22)7-8-14(13)23-10-6-9-18(4)5/h7-8,11H,6,9-10H2,1-5H3,(H,17,20). The molecule has 0 radical (unpaired) electrons. The molecule has 24 heavy (non-hydrogen) atoms. The van der Waals surface area contributed by atoms with Gasteiger partial charge in [0, 0.05) is 18.7 Å². The number of carbonyl (C=O) groups is 1. The first kappa shape index (κ1) is 19.7. The van der Waals surface area contributed by atoms with Crippen molar-refractivity contribution in [3.8, 4) is 5.75 Å². The Balaban J connectivity index is 2.85. The van der Waals surface area contributed by atoms with Crippen LogP contribution in [0.4, 0.5) is 16.2 Å². The van der Waals surface area contributed by atoms with E-state index in [4.69, 9.17) is 9.47 Å². The van der Waals surface area contributed by atoms with Crippen LogP contribution in [0.2, 0.25) is 0 Å². The van der Waals surface area contributed by atoms with E-state index in [1.807, 2.05) is 19.0 Å². The number of benzene rings is 1. The molecule has 1 aromatic carbocycles. The highest BCUT2D eigenvalue weighted by Crippen LogP contribution is 2.29. The van der Waals surface area contributed by atoms with E-state index in [0.717, 1.165) is 13.0 Å². The van der Waals surface area contributed by atoms with Crippen molar-refractivity contribution in [3.63, 3.8) is 0 Å². The lowest BCUT2D eigenvalue weighted by atomic mass is 10.2. The average molecular weight is 339 g/mol. The van der Waals surface area contributed by atoms with E-state index in [1.54, 1.807) is 20.8 Å². The summed E-state index contributed by atoms with van der Waals surface area (Å²) >= 11 is 0. The number of nitro groups is 1. The molecule has 0 saturated carbocycles. The Bertz CT molecular complexity index is 582. The van der Waals surface area contributed by atoms with Crippen molar-refractivity contribution in [2.75, 3.05) is 32.6 Å². The van der Waals surface area contributed by atoms with Crippen LogP contribution >= 0.6 is 0 Å². The molecule has 0 spiro atoms. The summed E-state index contributed by atoms with van der Waals surface area (Å²) in [6.45, 7) is 6.48. The third kappa shape index (κ3) is 7.28. The van der Waals surface area contributed by atoms with Crippen molar-refractivity contribution in [1.29, 1.82) is 0 Å². The van der Waals surface area contributed by atoms with Gasteiger partial charge in [-0.15, -0.1) is 0 Å². The summed E-state index contributed by atoms with van der Waals surface area (Å²) < 4.78 is 10.8. The van der Waals surface area contributed by atoms with Gasteiger partial charge in [0.1, 0.15) is 11.4 Å². The molecule has 0 bridgehead atoms. The van der Waals surface area contributed by atoms with Crippen molar-refractivity contribution < 1.29 is 19.2 Å². The number of nitro benzene ring substituents is 1. The zero-order valence-electron chi connectivity index (χ0n) is 14.8. The fourth-order valence-corrected chi connectivity index (χ4v) is 1.83. The molecule has 0 aromatic heterocycles. The van der Waals surface area contributed by atoms with E-state index < -0.39 is 16.6 Å². The van der Waals surface area contributed by atoms with Gasteiger partial charge in [0.2, 0.25) is 0 Å². The lowest BCUT2D eigenvalue weighted by molar-refractivity contribution is -0.384. The van der Waals surface area contributed by atoms with E-state index in [2.05, 4.69) is 5.32 Å². The van der Waals surface area contributed by atoms with E-state index in [0.29, 0.717) is 12.4 Å². The van der Waals surface area contributed by atoms with E-state index >= 15 is 0 Å². The number of hydrogen-bond donors (Lipinski definition) is 1. The second-order valence-electron chi connectivity index (χ2n) is 6.57. The molecule has 1 rings (SSSR count). The fourth-order valence-electron chi connectivity index (χ4n) is 1.83. The SMILES string of the molecule is CN(C)CCCOc1ccc([N+](=O)[O-])cc1NC(=O)OC(C)(C)C. The number of hydrogen-bond acceptors (Lipinski definition) is 6. The predicted octanol–water partition coefficient (Wildman–Crippen LogP) is 3.27. The van der Waals surface area contributed by atoms with Crippen LogP contribution in [0.15, 0.2) is 18.2 Å². The Morgan fingerprint density at radius 3 is 2.54 bits per heavy atom. The number of nitrogens with one attached hydrogen (secondary N) is 1. The Morgan fingerprint density at radius 1 is 1.33 bits per heavy atom. The molecular formula is C16H25N3O5. The summed E-state index contributed by atoms with van der Waals surface area (Å²) in [6.07, 6.45) is 0.0942. The van der Waals surface area contributed by atoms with Gasteiger partial charge in [0.05, 0.1) is 17.2 Å². The minimum Gasteiger partial charge on any atom is -0.491 e. The molecule has 0 aliphatic carbocycles. The molecule has 0 aliphatic heterocycles. The van der Waals surface area contributed by atoms with E-state index in [9.17, 15) is 14.9 Å². The van der Waals surface area contributed by atoms with Crippen molar-refractivity contribution in [1.82, 2.24) is 4.90 Å². The van der Waals surface area contributed by atoms with E-state index in [1.165, 1.54) is 18.2 Å². The summed E-state index contributed by atoms with van der Waals surface area (Å²) in [5.74, 6) is 0.366. The molecule has 1 aromatic rings. The van der Waals surface area contributed by atoms with Gasteiger partial charge < -0.3 is 14.4 Å². The molecular weight excluding hydrogens is 314 g/mol. The second kappa shape index (κ2) is 8.49. The highest BCUT2D eigenvalue weighted by atomic mass is 16.6. The zero-order valence-corrected chi connectivity index (χ0v) is 14.8. The van der Waals surface area contributed by atoms with Crippen LogP contribution in [0.3, 0.4) is 0 Å². The molecule has 1 amide bonds. The molecule has 134 valence electrons. The molecule has 1 N–H and O–H groups in total. The molecule has 0 unspecified atom stereocenters. The first-order chi connectivity index (χ1) is 11.1. The van der Waals surface area contributed by atoms with Gasteiger partial charge in [-0.2, -0.15) is 0 Å². The smallest absolute Gasteiger partial charge is 0.412 e.